The summed E-state index contributed by atoms with van der Waals surface area (Å²) in [5.41, 5.74) is 1.71. The van der Waals surface area contributed by atoms with Gasteiger partial charge in [-0.15, -0.1) is 0 Å². The van der Waals surface area contributed by atoms with Gasteiger partial charge in [0.05, 0.1) is 12.7 Å². The smallest absolute Gasteiger partial charge is 0.222 e. The lowest BCUT2D eigenvalue weighted by Crippen LogP contribution is -2.63. The second-order valence-corrected chi connectivity index (χ2v) is 9.20. The molecule has 2 aromatic rings. The van der Waals surface area contributed by atoms with E-state index >= 15 is 0 Å². The van der Waals surface area contributed by atoms with Crippen LogP contribution in [0.3, 0.4) is 0 Å². The molecular formula is C24H29ClO8. The highest BCUT2D eigenvalue weighted by Gasteiger charge is 2.53. The standard InChI is InChI=1S/C24H29ClO8/c25-19-8-3-15(24(31)23(30)22(29)21(28)20(12-26)33-24)10-14(19)9-13-1-5-17(6-2-13)32-18-7-4-16(27)11-18/h1-3,5-6,8,10,16,18,20-23,26-31H,4,7,9,11-12H2/t16?,18?,20-,21-,22+,23-,24-/m1/s1. The number of aliphatic hydroxyl groups excluding tert-OH is 5. The minimum atomic E-state index is -2.34. The second-order valence-electron chi connectivity index (χ2n) is 8.79. The van der Waals surface area contributed by atoms with Crippen LogP contribution in [0.25, 0.3) is 0 Å². The van der Waals surface area contributed by atoms with Crippen LogP contribution in [0, 0.1) is 0 Å². The van der Waals surface area contributed by atoms with Crippen molar-refractivity contribution >= 4 is 11.6 Å². The van der Waals surface area contributed by atoms with E-state index in [2.05, 4.69) is 0 Å². The second kappa shape index (κ2) is 9.85. The van der Waals surface area contributed by atoms with E-state index < -0.39 is 36.8 Å². The summed E-state index contributed by atoms with van der Waals surface area (Å²) in [7, 11) is 0. The molecule has 2 unspecified atom stereocenters. The molecule has 7 atom stereocenters. The van der Waals surface area contributed by atoms with Crippen LogP contribution >= 0.6 is 11.6 Å². The summed E-state index contributed by atoms with van der Waals surface area (Å²) < 4.78 is 11.3. The van der Waals surface area contributed by atoms with Crippen LogP contribution < -0.4 is 4.74 Å². The first-order chi connectivity index (χ1) is 15.7. The van der Waals surface area contributed by atoms with Crippen LogP contribution in [0.5, 0.6) is 5.75 Å². The molecule has 2 aromatic carbocycles. The highest BCUT2D eigenvalue weighted by molar-refractivity contribution is 6.31. The molecule has 8 nitrogen and oxygen atoms in total. The van der Waals surface area contributed by atoms with Gasteiger partial charge in [0.2, 0.25) is 5.79 Å². The molecule has 6 N–H and O–H groups in total. The minimum absolute atomic E-state index is 0.0104. The van der Waals surface area contributed by atoms with Crippen molar-refractivity contribution < 1.29 is 40.1 Å². The first kappa shape index (κ1) is 24.4. The fraction of sp³-hybridized carbons (Fsp3) is 0.500. The molecule has 33 heavy (non-hydrogen) atoms. The van der Waals surface area contributed by atoms with E-state index in [1.165, 1.54) is 6.07 Å². The summed E-state index contributed by atoms with van der Waals surface area (Å²) in [6.45, 7) is -0.651. The number of hydrogen-bond donors (Lipinski definition) is 6. The Morgan fingerprint density at radius 3 is 2.36 bits per heavy atom. The van der Waals surface area contributed by atoms with E-state index in [0.29, 0.717) is 29.2 Å². The molecule has 2 fully saturated rings. The Labute approximate surface area is 196 Å². The molecule has 0 bridgehead atoms. The summed E-state index contributed by atoms with van der Waals surface area (Å²) in [6.07, 6.45) is -4.06. The van der Waals surface area contributed by atoms with Crippen molar-refractivity contribution in [1.29, 1.82) is 0 Å². The maximum atomic E-state index is 11.0. The van der Waals surface area contributed by atoms with Crippen LogP contribution in [0.1, 0.15) is 36.0 Å². The Kier molecular flexibility index (Phi) is 7.28. The van der Waals surface area contributed by atoms with Gasteiger partial charge in [-0.1, -0.05) is 29.8 Å². The number of ether oxygens (including phenoxy) is 2. The average Bonchev–Trinajstić information content (AvgIpc) is 3.22. The number of halogens is 1. The molecule has 1 aliphatic carbocycles. The first-order valence-electron chi connectivity index (χ1n) is 11.0. The van der Waals surface area contributed by atoms with E-state index in [4.69, 9.17) is 21.1 Å². The van der Waals surface area contributed by atoms with Crippen molar-refractivity contribution in [3.63, 3.8) is 0 Å². The topological polar surface area (TPSA) is 140 Å². The van der Waals surface area contributed by atoms with E-state index in [9.17, 15) is 30.6 Å². The summed E-state index contributed by atoms with van der Waals surface area (Å²) in [5.74, 6) is -1.62. The Bertz CT molecular complexity index is 952. The minimum Gasteiger partial charge on any atom is -0.490 e. The molecule has 9 heteroatoms. The van der Waals surface area contributed by atoms with E-state index in [1.807, 2.05) is 24.3 Å². The molecule has 2 aliphatic rings. The molecule has 1 heterocycles. The van der Waals surface area contributed by atoms with Crippen molar-refractivity contribution in [1.82, 2.24) is 0 Å². The zero-order chi connectivity index (χ0) is 23.8. The number of benzene rings is 2. The predicted molar refractivity (Wildman–Crippen MR) is 119 cm³/mol. The lowest BCUT2D eigenvalue weighted by molar-refractivity contribution is -0.357. The van der Waals surface area contributed by atoms with E-state index in [-0.39, 0.29) is 17.8 Å². The molecule has 1 saturated heterocycles. The highest BCUT2D eigenvalue weighted by atomic mass is 35.5. The summed E-state index contributed by atoms with van der Waals surface area (Å²) in [6, 6.07) is 12.1. The third-order valence-corrected chi connectivity index (χ3v) is 6.77. The maximum absolute atomic E-state index is 11.0. The van der Waals surface area contributed by atoms with E-state index in [0.717, 1.165) is 18.4 Å². The Hall–Kier alpha value is -1.75. The largest absolute Gasteiger partial charge is 0.490 e. The number of rotatable bonds is 6. The van der Waals surface area contributed by atoms with Crippen molar-refractivity contribution in [2.45, 2.75) is 68.1 Å². The Morgan fingerprint density at radius 2 is 1.73 bits per heavy atom. The monoisotopic (exact) mass is 480 g/mol. The predicted octanol–water partition coefficient (Wildman–Crippen LogP) is 0.842. The van der Waals surface area contributed by atoms with Crippen LogP contribution in [0.4, 0.5) is 0 Å². The zero-order valence-electron chi connectivity index (χ0n) is 17.9. The Balaban J connectivity index is 1.51. The maximum Gasteiger partial charge on any atom is 0.222 e. The average molecular weight is 481 g/mol. The van der Waals surface area contributed by atoms with Crippen molar-refractivity contribution in [3.8, 4) is 5.75 Å². The summed E-state index contributed by atoms with van der Waals surface area (Å²) in [4.78, 5) is 0. The van der Waals surface area contributed by atoms with Gasteiger partial charge in [-0.3, -0.25) is 0 Å². The van der Waals surface area contributed by atoms with Crippen molar-refractivity contribution in [2.24, 2.45) is 0 Å². The third-order valence-electron chi connectivity index (χ3n) is 6.40. The quantitative estimate of drug-likeness (QED) is 0.357. The van der Waals surface area contributed by atoms with E-state index in [1.54, 1.807) is 12.1 Å². The molecule has 180 valence electrons. The molecule has 0 aromatic heterocycles. The molecule has 4 rings (SSSR count). The zero-order valence-corrected chi connectivity index (χ0v) is 18.7. The van der Waals surface area contributed by atoms with Crippen LogP contribution in [0.15, 0.2) is 42.5 Å². The molecule has 0 spiro atoms. The van der Waals surface area contributed by atoms with Gasteiger partial charge in [0.1, 0.15) is 36.3 Å². The number of hydrogen-bond acceptors (Lipinski definition) is 8. The van der Waals surface area contributed by atoms with Crippen LogP contribution in [-0.4, -0.2) is 73.9 Å². The van der Waals surface area contributed by atoms with Crippen LogP contribution in [-0.2, 0) is 16.9 Å². The molecule has 1 aliphatic heterocycles. The van der Waals surface area contributed by atoms with Gasteiger partial charge in [-0.05, 0) is 54.7 Å². The normalized spacial score (nSPS) is 34.4. The van der Waals surface area contributed by atoms with Gasteiger partial charge in [0, 0.05) is 17.0 Å². The fourth-order valence-electron chi connectivity index (χ4n) is 4.45. The van der Waals surface area contributed by atoms with Crippen LogP contribution in [0.2, 0.25) is 5.02 Å². The van der Waals surface area contributed by atoms with Crippen molar-refractivity contribution in [2.75, 3.05) is 6.61 Å². The molecule has 1 saturated carbocycles. The fourth-order valence-corrected chi connectivity index (χ4v) is 4.63. The molecule has 0 radical (unpaired) electrons. The summed E-state index contributed by atoms with van der Waals surface area (Å²) >= 11 is 6.37. The summed E-state index contributed by atoms with van der Waals surface area (Å²) in [5, 5.41) is 61.1. The lowest BCUT2D eigenvalue weighted by atomic mass is 9.87. The van der Waals surface area contributed by atoms with Gasteiger partial charge in [-0.2, -0.15) is 0 Å². The van der Waals surface area contributed by atoms with Gasteiger partial charge in [0.15, 0.2) is 0 Å². The highest BCUT2D eigenvalue weighted by Crippen LogP contribution is 2.38. The van der Waals surface area contributed by atoms with Gasteiger partial charge >= 0.3 is 0 Å². The number of aliphatic hydroxyl groups is 6. The van der Waals surface area contributed by atoms with Gasteiger partial charge in [-0.25, -0.2) is 0 Å². The van der Waals surface area contributed by atoms with Gasteiger partial charge < -0.3 is 40.1 Å². The Morgan fingerprint density at radius 1 is 1.00 bits per heavy atom. The molecular weight excluding hydrogens is 452 g/mol. The third kappa shape index (κ3) is 5.03. The van der Waals surface area contributed by atoms with Gasteiger partial charge in [0.25, 0.3) is 0 Å². The lowest BCUT2D eigenvalue weighted by Gasteiger charge is -2.45. The van der Waals surface area contributed by atoms with Crippen molar-refractivity contribution in [3.05, 3.63) is 64.2 Å². The first-order valence-corrected chi connectivity index (χ1v) is 11.4. The molecule has 0 amide bonds. The SMILES string of the molecule is OC[C@H]1O[C@](O)(c2ccc(Cl)c(Cc3ccc(OC4CCC(O)C4)cc3)c2)[C@H](O)[C@@H](O)[C@@H]1O.